The van der Waals surface area contributed by atoms with Crippen LogP contribution in [0, 0.1) is 5.92 Å². The van der Waals surface area contributed by atoms with E-state index in [4.69, 9.17) is 16.3 Å². The molecule has 0 saturated heterocycles. The molecule has 3 aliphatic rings. The van der Waals surface area contributed by atoms with Crippen LogP contribution in [0.4, 0.5) is 0 Å². The molecule has 1 N–H and O–H groups in total. The summed E-state index contributed by atoms with van der Waals surface area (Å²) >= 11 is 6.17. The van der Waals surface area contributed by atoms with Crippen molar-refractivity contribution in [2.45, 2.75) is 63.6 Å². The molecule has 0 aliphatic heterocycles. The van der Waals surface area contributed by atoms with Gasteiger partial charge in [0.2, 0.25) is 5.78 Å². The second-order valence-electron chi connectivity index (χ2n) is 9.94. The fourth-order valence-electron chi connectivity index (χ4n) is 5.31. The molecule has 1 unspecified atom stereocenters. The van der Waals surface area contributed by atoms with Gasteiger partial charge in [0, 0.05) is 30.4 Å². The van der Waals surface area contributed by atoms with E-state index >= 15 is 0 Å². The summed E-state index contributed by atoms with van der Waals surface area (Å²) in [7, 11) is 1.84. The van der Waals surface area contributed by atoms with E-state index in [2.05, 4.69) is 21.1 Å². The van der Waals surface area contributed by atoms with Gasteiger partial charge in [-0.05, 0) is 49.7 Å². The van der Waals surface area contributed by atoms with Crippen LogP contribution < -0.4 is 5.56 Å². The number of fused-ring (bicyclic) bond motifs is 1. The van der Waals surface area contributed by atoms with Gasteiger partial charge in [0.15, 0.2) is 5.82 Å². The van der Waals surface area contributed by atoms with Crippen molar-refractivity contribution in [3.63, 3.8) is 0 Å². The monoisotopic (exact) mass is 509 g/mol. The van der Waals surface area contributed by atoms with E-state index in [-0.39, 0.29) is 24.0 Å². The summed E-state index contributed by atoms with van der Waals surface area (Å²) in [5.41, 5.74) is 0.414. The Morgan fingerprint density at radius 1 is 1.31 bits per heavy atom. The summed E-state index contributed by atoms with van der Waals surface area (Å²) in [5, 5.41) is 5.10. The van der Waals surface area contributed by atoms with E-state index in [0.29, 0.717) is 41.7 Å². The van der Waals surface area contributed by atoms with Crippen molar-refractivity contribution in [2.75, 3.05) is 13.6 Å². The number of rotatable bonds is 7. The van der Waals surface area contributed by atoms with Crippen molar-refractivity contribution in [3.05, 3.63) is 69.4 Å². The summed E-state index contributed by atoms with van der Waals surface area (Å²) in [5.74, 6) is 1.11. The van der Waals surface area contributed by atoms with Gasteiger partial charge < -0.3 is 14.6 Å². The van der Waals surface area contributed by atoms with Crippen LogP contribution in [0.3, 0.4) is 0 Å². The summed E-state index contributed by atoms with van der Waals surface area (Å²) in [6.07, 6.45) is 18.9. The van der Waals surface area contributed by atoms with E-state index < -0.39 is 5.60 Å². The van der Waals surface area contributed by atoms with Gasteiger partial charge in [-0.2, -0.15) is 9.50 Å². The molecule has 0 spiro atoms. The van der Waals surface area contributed by atoms with E-state index in [9.17, 15) is 9.59 Å². The first-order valence-corrected chi connectivity index (χ1v) is 13.1. The molecule has 1 saturated carbocycles. The van der Waals surface area contributed by atoms with Gasteiger partial charge in [-0.3, -0.25) is 9.59 Å². The van der Waals surface area contributed by atoms with Crippen molar-refractivity contribution in [2.24, 2.45) is 5.92 Å². The third-order valence-corrected chi connectivity index (χ3v) is 7.46. The third-order valence-electron chi connectivity index (χ3n) is 7.21. The smallest absolute Gasteiger partial charge is 0.275 e. The standard InChI is InChI=1S/C27H32ClN5O3/c1-32(17-19-9-8-12-21(28)15-19)25(35)27(13-6-3-7-14-27)36-18-22-16-23(34)33-26(29-22)30-24(31-33)20-10-4-2-5-11-20/h2,4,8,10,12,15-16,19H,3,5-7,9,11,13-14,17-18H2,1H3,(H,29,30,31). The van der Waals surface area contributed by atoms with Crippen LogP contribution in [0.2, 0.25) is 0 Å². The lowest BCUT2D eigenvalue weighted by molar-refractivity contribution is -0.165. The maximum absolute atomic E-state index is 13.7. The summed E-state index contributed by atoms with van der Waals surface area (Å²) in [4.78, 5) is 36.0. The van der Waals surface area contributed by atoms with Crippen molar-refractivity contribution in [1.82, 2.24) is 24.5 Å². The van der Waals surface area contributed by atoms with Crippen molar-refractivity contribution in [1.29, 1.82) is 0 Å². The van der Waals surface area contributed by atoms with Gasteiger partial charge in [0.05, 0.1) is 6.61 Å². The molecular weight excluding hydrogens is 478 g/mol. The number of carbonyl (C=O) groups is 1. The lowest BCUT2D eigenvalue weighted by Gasteiger charge is -2.39. The fraction of sp³-hybridized carbons (Fsp3) is 0.481. The molecule has 1 atom stereocenters. The highest BCUT2D eigenvalue weighted by molar-refractivity contribution is 6.31. The molecule has 9 heteroatoms. The van der Waals surface area contributed by atoms with Crippen molar-refractivity contribution in [3.8, 4) is 0 Å². The number of H-pyrrole nitrogens is 1. The zero-order valence-electron chi connectivity index (χ0n) is 20.6. The Bertz CT molecular complexity index is 1310. The SMILES string of the molecule is CN(CC1C=C(Cl)C=CC1)C(=O)C1(OCc2cc(=O)n3nc(C4=CC=CCC4)nc3[nH]2)CCCCC1. The van der Waals surface area contributed by atoms with Gasteiger partial charge in [0.25, 0.3) is 11.5 Å². The predicted molar refractivity (Wildman–Crippen MR) is 139 cm³/mol. The molecule has 190 valence electrons. The molecule has 3 aliphatic carbocycles. The average Bonchev–Trinajstić information content (AvgIpc) is 3.33. The van der Waals surface area contributed by atoms with Crippen molar-refractivity contribution < 1.29 is 9.53 Å². The molecule has 2 heterocycles. The second kappa shape index (κ2) is 10.6. The minimum atomic E-state index is -0.897. The average molecular weight is 510 g/mol. The van der Waals surface area contributed by atoms with Crippen LogP contribution in [0.25, 0.3) is 11.4 Å². The second-order valence-corrected chi connectivity index (χ2v) is 10.4. The topological polar surface area (TPSA) is 92.6 Å². The number of ether oxygens (including phenoxy) is 1. The van der Waals surface area contributed by atoms with Gasteiger partial charge in [-0.1, -0.05) is 61.2 Å². The zero-order chi connectivity index (χ0) is 25.1. The van der Waals surface area contributed by atoms with Crippen LogP contribution in [0.5, 0.6) is 0 Å². The number of likely N-dealkylation sites (N-methyl/N-ethyl adjacent to an activating group) is 1. The maximum Gasteiger partial charge on any atom is 0.275 e. The highest BCUT2D eigenvalue weighted by Gasteiger charge is 2.42. The Kier molecular flexibility index (Phi) is 7.25. The molecule has 0 radical (unpaired) electrons. The fourth-order valence-corrected chi connectivity index (χ4v) is 5.58. The first kappa shape index (κ1) is 24.7. The van der Waals surface area contributed by atoms with E-state index in [1.165, 1.54) is 10.6 Å². The number of hydrogen-bond acceptors (Lipinski definition) is 5. The lowest BCUT2D eigenvalue weighted by Crippen LogP contribution is -2.51. The Morgan fingerprint density at radius 3 is 2.89 bits per heavy atom. The molecule has 8 nitrogen and oxygen atoms in total. The van der Waals surface area contributed by atoms with Crippen LogP contribution in [0.1, 0.15) is 62.9 Å². The molecule has 1 fully saturated rings. The lowest BCUT2D eigenvalue weighted by atomic mass is 9.83. The van der Waals surface area contributed by atoms with E-state index in [1.54, 1.807) is 4.90 Å². The summed E-state index contributed by atoms with van der Waals surface area (Å²) in [6, 6.07) is 1.48. The van der Waals surface area contributed by atoms with Crippen LogP contribution in [-0.2, 0) is 16.1 Å². The number of aromatic amines is 1. The maximum atomic E-state index is 13.7. The number of nitrogens with one attached hydrogen (secondary N) is 1. The Morgan fingerprint density at radius 2 is 2.14 bits per heavy atom. The molecule has 5 rings (SSSR count). The number of hydrogen-bond donors (Lipinski definition) is 1. The van der Waals surface area contributed by atoms with Gasteiger partial charge >= 0.3 is 0 Å². The molecule has 0 bridgehead atoms. The summed E-state index contributed by atoms with van der Waals surface area (Å²) in [6.45, 7) is 0.706. The van der Waals surface area contributed by atoms with Crippen molar-refractivity contribution >= 4 is 28.9 Å². The highest BCUT2D eigenvalue weighted by atomic mass is 35.5. The Labute approximate surface area is 215 Å². The van der Waals surface area contributed by atoms with E-state index in [0.717, 1.165) is 44.1 Å². The quantitative estimate of drug-likeness (QED) is 0.592. The molecule has 1 amide bonds. The number of halogens is 1. The van der Waals surface area contributed by atoms with Crippen LogP contribution >= 0.6 is 11.6 Å². The molecule has 2 aromatic rings. The van der Waals surface area contributed by atoms with Gasteiger partial charge in [-0.15, -0.1) is 5.10 Å². The molecule has 0 aromatic carbocycles. The third kappa shape index (κ3) is 5.25. The molecule has 36 heavy (non-hydrogen) atoms. The molecule has 2 aromatic heterocycles. The number of amides is 1. The highest BCUT2D eigenvalue weighted by Crippen LogP contribution is 2.34. The van der Waals surface area contributed by atoms with E-state index in [1.807, 2.05) is 37.4 Å². The normalized spacial score (nSPS) is 21.3. The summed E-state index contributed by atoms with van der Waals surface area (Å²) < 4.78 is 7.66. The number of aromatic nitrogens is 4. The minimum absolute atomic E-state index is 0.00763. The van der Waals surface area contributed by atoms with Gasteiger partial charge in [-0.25, -0.2) is 0 Å². The number of carbonyl (C=O) groups excluding carboxylic acids is 1. The Hall–Kier alpha value is -2.97. The van der Waals surface area contributed by atoms with Crippen LogP contribution in [0.15, 0.2) is 52.3 Å². The first-order valence-electron chi connectivity index (χ1n) is 12.7. The number of allylic oxidation sites excluding steroid dienone is 7. The first-order chi connectivity index (χ1) is 17.4. The molecular formula is C27H32ClN5O3. The largest absolute Gasteiger partial charge is 0.359 e. The predicted octanol–water partition coefficient (Wildman–Crippen LogP) is 4.53. The number of nitrogens with zero attached hydrogens (tertiary/aromatic N) is 4. The zero-order valence-corrected chi connectivity index (χ0v) is 21.3. The Balaban J connectivity index is 1.33. The minimum Gasteiger partial charge on any atom is -0.359 e. The van der Waals surface area contributed by atoms with Gasteiger partial charge in [0.1, 0.15) is 5.60 Å². The van der Waals surface area contributed by atoms with Crippen LogP contribution in [-0.4, -0.2) is 49.6 Å².